The van der Waals surface area contributed by atoms with Crippen LogP contribution in [-0.2, 0) is 20.2 Å². The van der Waals surface area contributed by atoms with E-state index in [1.807, 2.05) is 31.4 Å². The van der Waals surface area contributed by atoms with E-state index in [-0.39, 0.29) is 0 Å². The molecule has 0 aliphatic heterocycles. The van der Waals surface area contributed by atoms with Crippen LogP contribution in [-0.4, -0.2) is 21.5 Å². The molecule has 0 amide bonds. The number of hydrogen-bond acceptors (Lipinski definition) is 4. The second-order valence-electron chi connectivity index (χ2n) is 4.60. The number of rotatable bonds is 7. The van der Waals surface area contributed by atoms with Crippen molar-refractivity contribution >= 4 is 11.6 Å². The SMILES string of the molecule is CCCNCc1cc(Cl)ccc1OCc1cn(C)nn1. The lowest BCUT2D eigenvalue weighted by Gasteiger charge is -2.11. The molecule has 0 saturated carbocycles. The summed E-state index contributed by atoms with van der Waals surface area (Å²) in [5.74, 6) is 0.823. The number of hydrogen-bond donors (Lipinski definition) is 1. The van der Waals surface area contributed by atoms with E-state index in [1.54, 1.807) is 4.68 Å². The molecular weight excluding hydrogens is 276 g/mol. The number of ether oxygens (including phenoxy) is 1. The maximum Gasteiger partial charge on any atom is 0.134 e. The van der Waals surface area contributed by atoms with Crippen LogP contribution in [0.5, 0.6) is 5.75 Å². The minimum atomic E-state index is 0.399. The van der Waals surface area contributed by atoms with Crippen molar-refractivity contribution in [2.75, 3.05) is 6.54 Å². The maximum absolute atomic E-state index is 6.04. The number of aromatic nitrogens is 3. The summed E-state index contributed by atoms with van der Waals surface area (Å²) in [5.41, 5.74) is 1.85. The van der Waals surface area contributed by atoms with E-state index in [0.717, 1.165) is 36.5 Å². The average molecular weight is 295 g/mol. The summed E-state index contributed by atoms with van der Waals surface area (Å²) >= 11 is 6.04. The van der Waals surface area contributed by atoms with E-state index in [4.69, 9.17) is 16.3 Å². The molecule has 1 heterocycles. The van der Waals surface area contributed by atoms with Crippen LogP contribution in [0.15, 0.2) is 24.4 Å². The van der Waals surface area contributed by atoms with Crippen molar-refractivity contribution in [2.45, 2.75) is 26.5 Å². The monoisotopic (exact) mass is 294 g/mol. The van der Waals surface area contributed by atoms with Crippen LogP contribution in [0.25, 0.3) is 0 Å². The summed E-state index contributed by atoms with van der Waals surface area (Å²) in [4.78, 5) is 0. The standard InChI is InChI=1S/C14H19ClN4O/c1-3-6-16-8-11-7-12(15)4-5-14(11)20-10-13-9-19(2)18-17-13/h4-5,7,9,16H,3,6,8,10H2,1-2H3. The number of nitrogens with zero attached hydrogens (tertiary/aromatic N) is 3. The van der Waals surface area contributed by atoms with Crippen molar-refractivity contribution in [1.82, 2.24) is 20.3 Å². The van der Waals surface area contributed by atoms with Crippen LogP contribution in [0.1, 0.15) is 24.6 Å². The van der Waals surface area contributed by atoms with Crippen molar-refractivity contribution in [3.8, 4) is 5.75 Å². The van der Waals surface area contributed by atoms with E-state index in [2.05, 4.69) is 22.6 Å². The Hall–Kier alpha value is -1.59. The molecule has 0 bridgehead atoms. The minimum absolute atomic E-state index is 0.399. The first-order chi connectivity index (χ1) is 9.69. The molecule has 108 valence electrons. The fourth-order valence-corrected chi connectivity index (χ4v) is 2.03. The topological polar surface area (TPSA) is 52.0 Å². The molecule has 0 aliphatic carbocycles. The predicted molar refractivity (Wildman–Crippen MR) is 78.8 cm³/mol. The Morgan fingerprint density at radius 3 is 2.95 bits per heavy atom. The van der Waals surface area contributed by atoms with Gasteiger partial charge < -0.3 is 10.1 Å². The van der Waals surface area contributed by atoms with Crippen molar-refractivity contribution in [2.24, 2.45) is 7.05 Å². The van der Waals surface area contributed by atoms with Crippen LogP contribution >= 0.6 is 11.6 Å². The molecule has 1 aromatic heterocycles. The molecule has 0 saturated heterocycles. The van der Waals surface area contributed by atoms with E-state index in [9.17, 15) is 0 Å². The normalized spacial score (nSPS) is 10.8. The number of aryl methyl sites for hydroxylation is 1. The fraction of sp³-hybridized carbons (Fsp3) is 0.429. The first-order valence-corrected chi connectivity index (χ1v) is 7.04. The summed E-state index contributed by atoms with van der Waals surface area (Å²) in [6, 6.07) is 5.65. The second kappa shape index (κ2) is 7.26. The largest absolute Gasteiger partial charge is 0.487 e. The Morgan fingerprint density at radius 1 is 1.40 bits per heavy atom. The van der Waals surface area contributed by atoms with Crippen molar-refractivity contribution < 1.29 is 4.74 Å². The highest BCUT2D eigenvalue weighted by molar-refractivity contribution is 6.30. The van der Waals surface area contributed by atoms with Crippen LogP contribution in [0, 0.1) is 0 Å². The average Bonchev–Trinajstić information content (AvgIpc) is 2.84. The Bertz CT molecular complexity index is 556. The van der Waals surface area contributed by atoms with Gasteiger partial charge in [-0.2, -0.15) is 0 Å². The Labute approximate surface area is 123 Å². The van der Waals surface area contributed by atoms with Gasteiger partial charge >= 0.3 is 0 Å². The van der Waals surface area contributed by atoms with Gasteiger partial charge in [0.1, 0.15) is 18.1 Å². The molecule has 2 aromatic rings. The van der Waals surface area contributed by atoms with E-state index >= 15 is 0 Å². The van der Waals surface area contributed by atoms with Gasteiger partial charge in [0.15, 0.2) is 0 Å². The lowest BCUT2D eigenvalue weighted by atomic mass is 10.2. The Morgan fingerprint density at radius 2 is 2.25 bits per heavy atom. The van der Waals surface area contributed by atoms with Crippen molar-refractivity contribution in [3.05, 3.63) is 40.7 Å². The lowest BCUT2D eigenvalue weighted by Crippen LogP contribution is -2.14. The van der Waals surface area contributed by atoms with Gasteiger partial charge in [-0.3, -0.25) is 4.68 Å². The molecule has 0 aliphatic rings. The van der Waals surface area contributed by atoms with Crippen LogP contribution in [0.4, 0.5) is 0 Å². The zero-order valence-electron chi connectivity index (χ0n) is 11.8. The first kappa shape index (κ1) is 14.8. The van der Waals surface area contributed by atoms with Gasteiger partial charge in [-0.1, -0.05) is 23.7 Å². The third-order valence-electron chi connectivity index (χ3n) is 2.79. The van der Waals surface area contributed by atoms with Crippen LogP contribution < -0.4 is 10.1 Å². The summed E-state index contributed by atoms with van der Waals surface area (Å²) in [5, 5.41) is 11.9. The molecular formula is C14H19ClN4O. The molecule has 20 heavy (non-hydrogen) atoms. The molecule has 0 unspecified atom stereocenters. The molecule has 1 aromatic carbocycles. The summed E-state index contributed by atoms with van der Waals surface area (Å²) < 4.78 is 7.46. The zero-order chi connectivity index (χ0) is 14.4. The van der Waals surface area contributed by atoms with Gasteiger partial charge in [-0.15, -0.1) is 5.10 Å². The Balaban J connectivity index is 2.01. The smallest absolute Gasteiger partial charge is 0.134 e. The fourth-order valence-electron chi connectivity index (χ4n) is 1.84. The van der Waals surface area contributed by atoms with Gasteiger partial charge in [0.2, 0.25) is 0 Å². The highest BCUT2D eigenvalue weighted by atomic mass is 35.5. The molecule has 0 radical (unpaired) electrons. The molecule has 1 N–H and O–H groups in total. The second-order valence-corrected chi connectivity index (χ2v) is 5.04. The number of halogens is 1. The van der Waals surface area contributed by atoms with Gasteiger partial charge in [-0.05, 0) is 31.2 Å². The van der Waals surface area contributed by atoms with Gasteiger partial charge in [0.05, 0.1) is 6.20 Å². The summed E-state index contributed by atoms with van der Waals surface area (Å²) in [6.45, 7) is 4.24. The minimum Gasteiger partial charge on any atom is -0.487 e. The van der Waals surface area contributed by atoms with Gasteiger partial charge in [-0.25, -0.2) is 0 Å². The highest BCUT2D eigenvalue weighted by Gasteiger charge is 2.06. The van der Waals surface area contributed by atoms with Gasteiger partial charge in [0, 0.05) is 24.2 Å². The van der Waals surface area contributed by atoms with E-state index < -0.39 is 0 Å². The molecule has 2 rings (SSSR count). The number of benzene rings is 1. The molecule has 6 heteroatoms. The van der Waals surface area contributed by atoms with Crippen LogP contribution in [0.2, 0.25) is 5.02 Å². The quantitative estimate of drug-likeness (QED) is 0.797. The third-order valence-corrected chi connectivity index (χ3v) is 3.03. The maximum atomic E-state index is 6.04. The first-order valence-electron chi connectivity index (χ1n) is 6.66. The summed E-state index contributed by atoms with van der Waals surface area (Å²) in [6.07, 6.45) is 2.93. The molecule has 0 atom stereocenters. The number of nitrogens with one attached hydrogen (secondary N) is 1. The van der Waals surface area contributed by atoms with Gasteiger partial charge in [0.25, 0.3) is 0 Å². The third kappa shape index (κ3) is 4.21. The van der Waals surface area contributed by atoms with Crippen LogP contribution in [0.3, 0.4) is 0 Å². The van der Waals surface area contributed by atoms with Crippen molar-refractivity contribution in [3.63, 3.8) is 0 Å². The zero-order valence-corrected chi connectivity index (χ0v) is 12.5. The molecule has 0 fully saturated rings. The molecule has 0 spiro atoms. The predicted octanol–water partition coefficient (Wildman–Crippen LogP) is 2.55. The van der Waals surface area contributed by atoms with E-state index in [1.165, 1.54) is 0 Å². The van der Waals surface area contributed by atoms with E-state index in [0.29, 0.717) is 11.6 Å². The Kier molecular flexibility index (Phi) is 5.38. The molecule has 5 nitrogen and oxygen atoms in total. The summed E-state index contributed by atoms with van der Waals surface area (Å²) in [7, 11) is 1.83. The lowest BCUT2D eigenvalue weighted by molar-refractivity contribution is 0.297. The highest BCUT2D eigenvalue weighted by Crippen LogP contribution is 2.23. The van der Waals surface area contributed by atoms with Crippen molar-refractivity contribution in [1.29, 1.82) is 0 Å².